The molecule has 0 fully saturated rings. The van der Waals surface area contributed by atoms with Crippen molar-refractivity contribution in [3.05, 3.63) is 94.5 Å². The zero-order chi connectivity index (χ0) is 20.1. The molecular weight excluding hydrogens is 376 g/mol. The molecule has 148 valence electrons. The molecule has 1 atom stereocenters. The third-order valence-electron chi connectivity index (χ3n) is 5.02. The SMILES string of the molecule is Cc1cccc(CC(c2ccccc2)c2nc3ccc(OCCCN)cc3s2)c1. The molecule has 0 saturated carbocycles. The van der Waals surface area contributed by atoms with E-state index in [4.69, 9.17) is 15.5 Å². The number of hydrogen-bond acceptors (Lipinski definition) is 4. The van der Waals surface area contributed by atoms with E-state index < -0.39 is 0 Å². The molecule has 1 aromatic heterocycles. The second-order valence-corrected chi connectivity index (χ2v) is 8.39. The van der Waals surface area contributed by atoms with Crippen molar-refractivity contribution >= 4 is 21.6 Å². The average Bonchev–Trinajstić information content (AvgIpc) is 3.16. The molecule has 0 bridgehead atoms. The van der Waals surface area contributed by atoms with Crippen molar-refractivity contribution in [3.8, 4) is 5.75 Å². The Morgan fingerprint density at radius 1 is 1.00 bits per heavy atom. The van der Waals surface area contributed by atoms with Crippen LogP contribution in [0, 0.1) is 6.92 Å². The van der Waals surface area contributed by atoms with E-state index in [0.717, 1.165) is 33.8 Å². The van der Waals surface area contributed by atoms with Gasteiger partial charge in [0.05, 0.1) is 16.8 Å². The van der Waals surface area contributed by atoms with Gasteiger partial charge >= 0.3 is 0 Å². The molecule has 0 spiro atoms. The van der Waals surface area contributed by atoms with Crippen LogP contribution in [-0.2, 0) is 6.42 Å². The fraction of sp³-hybridized carbons (Fsp3) is 0.240. The smallest absolute Gasteiger partial charge is 0.120 e. The van der Waals surface area contributed by atoms with E-state index in [-0.39, 0.29) is 5.92 Å². The van der Waals surface area contributed by atoms with Crippen molar-refractivity contribution in [1.29, 1.82) is 0 Å². The monoisotopic (exact) mass is 402 g/mol. The van der Waals surface area contributed by atoms with Crippen LogP contribution in [0.1, 0.15) is 34.0 Å². The summed E-state index contributed by atoms with van der Waals surface area (Å²) in [6, 6.07) is 25.6. The van der Waals surface area contributed by atoms with Crippen molar-refractivity contribution in [2.45, 2.75) is 25.7 Å². The quantitative estimate of drug-likeness (QED) is 0.384. The first-order valence-electron chi connectivity index (χ1n) is 10.1. The number of aromatic nitrogens is 1. The van der Waals surface area contributed by atoms with Crippen LogP contribution in [0.3, 0.4) is 0 Å². The van der Waals surface area contributed by atoms with E-state index in [0.29, 0.717) is 13.2 Å². The second-order valence-electron chi connectivity index (χ2n) is 7.33. The van der Waals surface area contributed by atoms with Crippen LogP contribution >= 0.6 is 11.3 Å². The minimum absolute atomic E-state index is 0.233. The van der Waals surface area contributed by atoms with Gasteiger partial charge in [0, 0.05) is 5.92 Å². The van der Waals surface area contributed by atoms with Gasteiger partial charge in [-0.15, -0.1) is 11.3 Å². The Balaban J connectivity index is 1.67. The van der Waals surface area contributed by atoms with E-state index in [9.17, 15) is 0 Å². The number of fused-ring (bicyclic) bond motifs is 1. The minimum atomic E-state index is 0.233. The fourth-order valence-electron chi connectivity index (χ4n) is 3.54. The van der Waals surface area contributed by atoms with Gasteiger partial charge in [0.2, 0.25) is 0 Å². The number of benzene rings is 3. The molecule has 2 N–H and O–H groups in total. The van der Waals surface area contributed by atoms with Crippen molar-refractivity contribution in [3.63, 3.8) is 0 Å². The van der Waals surface area contributed by atoms with Gasteiger partial charge in [0.1, 0.15) is 10.8 Å². The van der Waals surface area contributed by atoms with Gasteiger partial charge in [-0.05, 0) is 55.6 Å². The summed E-state index contributed by atoms with van der Waals surface area (Å²) in [4.78, 5) is 4.99. The summed E-state index contributed by atoms with van der Waals surface area (Å²) >= 11 is 1.76. The normalized spacial score (nSPS) is 12.2. The first-order chi connectivity index (χ1) is 14.2. The van der Waals surface area contributed by atoms with Crippen molar-refractivity contribution < 1.29 is 4.74 Å². The molecule has 0 radical (unpaired) electrons. The fourth-order valence-corrected chi connectivity index (χ4v) is 4.67. The highest BCUT2D eigenvalue weighted by atomic mass is 32.1. The number of nitrogens with two attached hydrogens (primary N) is 1. The van der Waals surface area contributed by atoms with Crippen LogP contribution in [-0.4, -0.2) is 18.1 Å². The maximum Gasteiger partial charge on any atom is 0.120 e. The summed E-state index contributed by atoms with van der Waals surface area (Å²) in [6.07, 6.45) is 1.80. The third-order valence-corrected chi connectivity index (χ3v) is 6.15. The van der Waals surface area contributed by atoms with Gasteiger partial charge in [0.25, 0.3) is 0 Å². The Morgan fingerprint density at radius 3 is 2.66 bits per heavy atom. The predicted molar refractivity (Wildman–Crippen MR) is 122 cm³/mol. The third kappa shape index (κ3) is 4.84. The van der Waals surface area contributed by atoms with Gasteiger partial charge in [-0.1, -0.05) is 60.2 Å². The summed E-state index contributed by atoms with van der Waals surface area (Å²) < 4.78 is 6.98. The molecule has 1 heterocycles. The maximum atomic E-state index is 5.82. The number of nitrogens with zero attached hydrogens (tertiary/aromatic N) is 1. The van der Waals surface area contributed by atoms with Crippen LogP contribution in [0.2, 0.25) is 0 Å². The second kappa shape index (κ2) is 9.21. The molecule has 1 unspecified atom stereocenters. The first kappa shape index (κ1) is 19.6. The van der Waals surface area contributed by atoms with Gasteiger partial charge in [-0.25, -0.2) is 4.98 Å². The molecule has 0 aliphatic carbocycles. The molecule has 4 aromatic rings. The first-order valence-corrected chi connectivity index (χ1v) is 10.9. The van der Waals surface area contributed by atoms with Gasteiger partial charge in [-0.2, -0.15) is 0 Å². The molecule has 0 aliphatic heterocycles. The number of thiazole rings is 1. The highest BCUT2D eigenvalue weighted by molar-refractivity contribution is 7.18. The van der Waals surface area contributed by atoms with Gasteiger partial charge in [-0.3, -0.25) is 0 Å². The summed E-state index contributed by atoms with van der Waals surface area (Å²) in [7, 11) is 0. The lowest BCUT2D eigenvalue weighted by Crippen LogP contribution is -2.05. The molecular formula is C25H26N2OS. The van der Waals surface area contributed by atoms with Gasteiger partial charge < -0.3 is 10.5 Å². The highest BCUT2D eigenvalue weighted by Crippen LogP contribution is 2.35. The largest absolute Gasteiger partial charge is 0.493 e. The van der Waals surface area contributed by atoms with Crippen LogP contribution in [0.15, 0.2) is 72.8 Å². The molecule has 0 saturated heterocycles. The summed E-state index contributed by atoms with van der Waals surface area (Å²) in [5.41, 5.74) is 10.5. The van der Waals surface area contributed by atoms with E-state index in [1.165, 1.54) is 16.7 Å². The Hall–Kier alpha value is -2.69. The molecule has 3 aromatic carbocycles. The number of rotatable bonds is 8. The molecule has 3 nitrogen and oxygen atoms in total. The maximum absolute atomic E-state index is 5.82. The summed E-state index contributed by atoms with van der Waals surface area (Å²) in [5, 5.41) is 1.15. The zero-order valence-corrected chi connectivity index (χ0v) is 17.5. The number of hydrogen-bond donors (Lipinski definition) is 1. The van der Waals surface area contributed by atoms with Crippen molar-refractivity contribution in [1.82, 2.24) is 4.98 Å². The Labute approximate surface area is 176 Å². The topological polar surface area (TPSA) is 48.1 Å². The molecule has 29 heavy (non-hydrogen) atoms. The predicted octanol–water partition coefficient (Wildman–Crippen LogP) is 5.71. The van der Waals surface area contributed by atoms with Crippen LogP contribution in [0.25, 0.3) is 10.2 Å². The van der Waals surface area contributed by atoms with Crippen LogP contribution in [0.5, 0.6) is 5.75 Å². The van der Waals surface area contributed by atoms with Crippen LogP contribution in [0.4, 0.5) is 0 Å². The summed E-state index contributed by atoms with van der Waals surface area (Å²) in [5.74, 6) is 1.12. The lowest BCUT2D eigenvalue weighted by molar-refractivity contribution is 0.314. The zero-order valence-electron chi connectivity index (χ0n) is 16.7. The lowest BCUT2D eigenvalue weighted by atomic mass is 9.92. The van der Waals surface area contributed by atoms with Crippen LogP contribution < -0.4 is 10.5 Å². The molecule has 0 aliphatic rings. The van der Waals surface area contributed by atoms with Crippen molar-refractivity contribution in [2.24, 2.45) is 5.73 Å². The highest BCUT2D eigenvalue weighted by Gasteiger charge is 2.19. The van der Waals surface area contributed by atoms with E-state index in [1.54, 1.807) is 11.3 Å². The van der Waals surface area contributed by atoms with E-state index >= 15 is 0 Å². The molecule has 4 heteroatoms. The Bertz CT molecular complexity index is 1070. The lowest BCUT2D eigenvalue weighted by Gasteiger charge is -2.15. The molecule has 4 rings (SSSR count). The number of ether oxygens (including phenoxy) is 1. The minimum Gasteiger partial charge on any atom is -0.493 e. The Morgan fingerprint density at radius 2 is 1.86 bits per heavy atom. The standard InChI is InChI=1S/C25H26N2OS/c1-18-7-5-8-19(15-18)16-22(20-9-3-2-4-10-20)25-27-23-12-11-21(17-24(23)29-25)28-14-6-13-26/h2-5,7-12,15,17,22H,6,13-14,16,26H2,1H3. The number of aryl methyl sites for hydroxylation is 1. The summed E-state index contributed by atoms with van der Waals surface area (Å²) in [6.45, 7) is 3.43. The Kier molecular flexibility index (Phi) is 6.23. The van der Waals surface area contributed by atoms with Gasteiger partial charge in [0.15, 0.2) is 0 Å². The average molecular weight is 403 g/mol. The van der Waals surface area contributed by atoms with E-state index in [1.807, 2.05) is 6.07 Å². The van der Waals surface area contributed by atoms with Crippen molar-refractivity contribution in [2.75, 3.05) is 13.2 Å². The van der Waals surface area contributed by atoms with E-state index in [2.05, 4.69) is 73.7 Å². The molecule has 0 amide bonds.